The van der Waals surface area contributed by atoms with Crippen molar-refractivity contribution in [2.75, 3.05) is 13.7 Å². The third kappa shape index (κ3) is 18.1. The second-order valence-corrected chi connectivity index (χ2v) is 2.59. The van der Waals surface area contributed by atoms with Gasteiger partial charge in [0.05, 0.1) is 20.0 Å². The van der Waals surface area contributed by atoms with Crippen LogP contribution in [0.4, 0.5) is 0 Å². The van der Waals surface area contributed by atoms with Crippen molar-refractivity contribution in [3.63, 3.8) is 0 Å². The third-order valence-electron chi connectivity index (χ3n) is 1.27. The molecule has 0 aliphatic rings. The number of esters is 1. The van der Waals surface area contributed by atoms with Crippen molar-refractivity contribution >= 4 is 11.9 Å². The van der Waals surface area contributed by atoms with Crippen molar-refractivity contribution < 1.29 is 24.2 Å². The molecular formula is C11H18O5. The van der Waals surface area contributed by atoms with E-state index in [1.165, 1.54) is 6.26 Å². The van der Waals surface area contributed by atoms with Gasteiger partial charge >= 0.3 is 11.9 Å². The van der Waals surface area contributed by atoms with Crippen LogP contribution in [0.1, 0.15) is 19.8 Å². The van der Waals surface area contributed by atoms with E-state index in [1.54, 1.807) is 7.11 Å². The maximum absolute atomic E-state index is 10.6. The van der Waals surface area contributed by atoms with Crippen molar-refractivity contribution in [3.8, 4) is 0 Å². The minimum Gasteiger partial charge on any atom is -0.505 e. The van der Waals surface area contributed by atoms with E-state index in [1.807, 2.05) is 6.92 Å². The maximum Gasteiger partial charge on any atom is 0.331 e. The Labute approximate surface area is 95.4 Å². The quantitative estimate of drug-likeness (QED) is 0.325. The van der Waals surface area contributed by atoms with Crippen molar-refractivity contribution in [2.45, 2.75) is 19.8 Å². The van der Waals surface area contributed by atoms with Crippen LogP contribution >= 0.6 is 0 Å². The molecule has 0 aromatic rings. The van der Waals surface area contributed by atoms with Crippen LogP contribution in [0.2, 0.25) is 0 Å². The first-order chi connectivity index (χ1) is 7.58. The van der Waals surface area contributed by atoms with E-state index in [9.17, 15) is 9.59 Å². The fourth-order valence-electron chi connectivity index (χ4n) is 0.505. The molecule has 0 aliphatic heterocycles. The van der Waals surface area contributed by atoms with E-state index in [2.05, 4.69) is 16.1 Å². The van der Waals surface area contributed by atoms with Gasteiger partial charge in [-0.1, -0.05) is 19.9 Å². The predicted octanol–water partition coefficient (Wildman–Crippen LogP) is 1.75. The number of hydrogen-bond acceptors (Lipinski definition) is 4. The van der Waals surface area contributed by atoms with Crippen LogP contribution in [0.25, 0.3) is 0 Å². The third-order valence-corrected chi connectivity index (χ3v) is 1.27. The molecule has 0 aliphatic carbocycles. The van der Waals surface area contributed by atoms with Crippen LogP contribution < -0.4 is 0 Å². The van der Waals surface area contributed by atoms with Gasteiger partial charge in [-0.3, -0.25) is 0 Å². The van der Waals surface area contributed by atoms with E-state index in [-0.39, 0.29) is 0 Å². The van der Waals surface area contributed by atoms with Crippen LogP contribution in [0, 0.1) is 0 Å². The predicted molar refractivity (Wildman–Crippen MR) is 59.8 cm³/mol. The van der Waals surface area contributed by atoms with E-state index in [0.29, 0.717) is 6.61 Å². The Hall–Kier alpha value is -1.78. The van der Waals surface area contributed by atoms with Crippen LogP contribution in [0.3, 0.4) is 0 Å². The fraction of sp³-hybridized carbons (Fsp3) is 0.455. The Morgan fingerprint density at radius 1 is 1.38 bits per heavy atom. The highest BCUT2D eigenvalue weighted by Gasteiger charge is 1.96. The molecule has 0 heterocycles. The maximum atomic E-state index is 10.6. The zero-order valence-electron chi connectivity index (χ0n) is 9.64. The van der Waals surface area contributed by atoms with Gasteiger partial charge in [0.2, 0.25) is 0 Å². The summed E-state index contributed by atoms with van der Waals surface area (Å²) >= 11 is 0. The Morgan fingerprint density at radius 3 is 2.31 bits per heavy atom. The molecule has 1 N–H and O–H groups in total. The number of methoxy groups -OCH3 is 1. The SMILES string of the molecule is C=COC.CCCCOC(=O)C=CC(=O)O. The molecule has 0 spiro atoms. The lowest BCUT2D eigenvalue weighted by atomic mass is 10.4. The van der Waals surface area contributed by atoms with Crippen molar-refractivity contribution in [1.29, 1.82) is 0 Å². The molecule has 92 valence electrons. The largest absolute Gasteiger partial charge is 0.505 e. The molecule has 0 radical (unpaired) electrons. The van der Waals surface area contributed by atoms with Crippen molar-refractivity contribution in [1.82, 2.24) is 0 Å². The Kier molecular flexibility index (Phi) is 13.8. The van der Waals surface area contributed by atoms with E-state index in [0.717, 1.165) is 25.0 Å². The second kappa shape index (κ2) is 13.2. The Balaban J connectivity index is 0. The Morgan fingerprint density at radius 2 is 1.94 bits per heavy atom. The molecule has 0 fully saturated rings. The summed E-state index contributed by atoms with van der Waals surface area (Å²) in [5.41, 5.74) is 0. The van der Waals surface area contributed by atoms with Gasteiger partial charge in [0.1, 0.15) is 0 Å². The van der Waals surface area contributed by atoms with Gasteiger partial charge in [0, 0.05) is 12.2 Å². The zero-order valence-corrected chi connectivity index (χ0v) is 9.64. The molecule has 0 atom stereocenters. The highest BCUT2D eigenvalue weighted by molar-refractivity contribution is 5.90. The summed E-state index contributed by atoms with van der Waals surface area (Å²) < 4.78 is 8.95. The topological polar surface area (TPSA) is 72.8 Å². The van der Waals surface area contributed by atoms with Crippen LogP contribution in [-0.4, -0.2) is 30.8 Å². The van der Waals surface area contributed by atoms with Gasteiger partial charge < -0.3 is 14.6 Å². The number of aliphatic carboxylic acids is 1. The number of hydrogen-bond donors (Lipinski definition) is 1. The van der Waals surface area contributed by atoms with Gasteiger partial charge in [-0.15, -0.1) is 0 Å². The summed E-state index contributed by atoms with van der Waals surface area (Å²) in [6.07, 6.45) is 4.77. The highest BCUT2D eigenvalue weighted by Crippen LogP contribution is 1.89. The van der Waals surface area contributed by atoms with Gasteiger partial charge in [0.25, 0.3) is 0 Å². The van der Waals surface area contributed by atoms with Gasteiger partial charge in [-0.25, -0.2) is 9.59 Å². The average Bonchev–Trinajstić information content (AvgIpc) is 2.27. The number of carbonyl (C=O) groups excluding carboxylic acids is 1. The minimum absolute atomic E-state index is 0.347. The minimum atomic E-state index is -1.15. The lowest BCUT2D eigenvalue weighted by Crippen LogP contribution is -2.02. The number of carboxylic acids is 1. The first-order valence-corrected chi connectivity index (χ1v) is 4.79. The normalized spacial score (nSPS) is 8.88. The first kappa shape index (κ1) is 16.6. The first-order valence-electron chi connectivity index (χ1n) is 4.79. The van der Waals surface area contributed by atoms with Gasteiger partial charge in [-0.05, 0) is 6.42 Å². The summed E-state index contributed by atoms with van der Waals surface area (Å²) in [6, 6.07) is 0. The van der Waals surface area contributed by atoms with Crippen molar-refractivity contribution in [2.24, 2.45) is 0 Å². The fourth-order valence-corrected chi connectivity index (χ4v) is 0.505. The number of rotatable bonds is 6. The average molecular weight is 230 g/mol. The smallest absolute Gasteiger partial charge is 0.331 e. The molecule has 0 saturated carbocycles. The summed E-state index contributed by atoms with van der Waals surface area (Å²) in [5, 5.41) is 8.14. The van der Waals surface area contributed by atoms with Crippen molar-refractivity contribution in [3.05, 3.63) is 25.0 Å². The molecule has 0 aromatic heterocycles. The standard InChI is InChI=1S/C8H12O4.C3H6O/c1-2-3-6-12-8(11)5-4-7(9)10;1-3-4-2/h4-5H,2-3,6H2,1H3,(H,9,10);3H,1H2,2H3. The summed E-state index contributed by atoms with van der Waals surface area (Å²) in [5.74, 6) is -1.76. The molecule has 16 heavy (non-hydrogen) atoms. The molecule has 0 rings (SSSR count). The van der Waals surface area contributed by atoms with Crippen LogP contribution in [0.5, 0.6) is 0 Å². The Bertz CT molecular complexity index is 233. The van der Waals surface area contributed by atoms with E-state index < -0.39 is 11.9 Å². The molecular weight excluding hydrogens is 212 g/mol. The number of ether oxygens (including phenoxy) is 2. The van der Waals surface area contributed by atoms with E-state index >= 15 is 0 Å². The zero-order chi connectivity index (χ0) is 12.8. The molecule has 0 saturated heterocycles. The van der Waals surface area contributed by atoms with Gasteiger partial charge in [0.15, 0.2) is 0 Å². The van der Waals surface area contributed by atoms with Crippen LogP contribution in [0.15, 0.2) is 25.0 Å². The van der Waals surface area contributed by atoms with E-state index in [4.69, 9.17) is 5.11 Å². The lowest BCUT2D eigenvalue weighted by molar-refractivity contribution is -0.138. The molecule has 5 nitrogen and oxygen atoms in total. The highest BCUT2D eigenvalue weighted by atomic mass is 16.5. The summed E-state index contributed by atoms with van der Waals surface area (Å²) in [4.78, 5) is 20.6. The molecule has 0 bridgehead atoms. The molecule has 0 unspecified atom stereocenters. The second-order valence-electron chi connectivity index (χ2n) is 2.59. The molecule has 0 amide bonds. The number of unbranched alkanes of at least 4 members (excludes halogenated alkanes) is 1. The number of carboxylic acid groups (broad SMARTS) is 1. The molecule has 5 heteroatoms. The summed E-state index contributed by atoms with van der Waals surface area (Å²) in [7, 11) is 1.56. The number of carbonyl (C=O) groups is 2. The monoisotopic (exact) mass is 230 g/mol. The lowest BCUT2D eigenvalue weighted by Gasteiger charge is -1.97. The van der Waals surface area contributed by atoms with Crippen LogP contribution in [-0.2, 0) is 19.1 Å². The molecule has 0 aromatic carbocycles. The summed E-state index contributed by atoms with van der Waals surface area (Å²) in [6.45, 7) is 5.58. The van der Waals surface area contributed by atoms with Gasteiger partial charge in [-0.2, -0.15) is 0 Å².